The van der Waals surface area contributed by atoms with Gasteiger partial charge in [-0.15, -0.1) is 11.3 Å². The number of hydrogen-bond acceptors (Lipinski definition) is 4. The van der Waals surface area contributed by atoms with Gasteiger partial charge in [0.15, 0.2) is 11.6 Å². The van der Waals surface area contributed by atoms with Crippen LogP contribution >= 0.6 is 11.3 Å². The molecule has 1 saturated heterocycles. The zero-order valence-corrected chi connectivity index (χ0v) is 15.7. The van der Waals surface area contributed by atoms with Crippen molar-refractivity contribution >= 4 is 27.3 Å². The van der Waals surface area contributed by atoms with Crippen molar-refractivity contribution < 1.29 is 22.0 Å². The Hall–Kier alpha value is -1.84. The fourth-order valence-electron chi connectivity index (χ4n) is 3.04. The molecule has 1 amide bonds. The van der Waals surface area contributed by atoms with Gasteiger partial charge in [0.05, 0.1) is 0 Å². The predicted molar refractivity (Wildman–Crippen MR) is 94.1 cm³/mol. The summed E-state index contributed by atoms with van der Waals surface area (Å²) in [6.07, 6.45) is 1.03. The summed E-state index contributed by atoms with van der Waals surface area (Å²) in [4.78, 5) is 14.1. The lowest BCUT2D eigenvalue weighted by Crippen LogP contribution is -2.46. The van der Waals surface area contributed by atoms with E-state index >= 15 is 0 Å². The second kappa shape index (κ2) is 7.42. The van der Waals surface area contributed by atoms with Crippen LogP contribution in [0.3, 0.4) is 0 Å². The first-order valence-corrected chi connectivity index (χ1v) is 10.4. The number of benzene rings is 1. The Kier molecular flexibility index (Phi) is 5.40. The summed E-state index contributed by atoms with van der Waals surface area (Å²) < 4.78 is 53.3. The standard InChI is InChI=1S/C17H18F2N2O3S2/c1-20(11-12-6-7-13(18)14(19)10-12)17(22)15-4-2-8-21(15)26(23,24)16-5-3-9-25-16/h3,5-7,9-10,15H,2,4,8,11H2,1H3. The van der Waals surface area contributed by atoms with Gasteiger partial charge in [-0.05, 0) is 42.0 Å². The van der Waals surface area contributed by atoms with Crippen molar-refractivity contribution in [3.05, 3.63) is 52.9 Å². The van der Waals surface area contributed by atoms with Crippen LogP contribution in [0.4, 0.5) is 8.78 Å². The first kappa shape index (κ1) is 18.9. The second-order valence-corrected chi connectivity index (χ2v) is 9.21. The van der Waals surface area contributed by atoms with E-state index in [0.717, 1.165) is 23.5 Å². The highest BCUT2D eigenvalue weighted by atomic mass is 32.2. The summed E-state index contributed by atoms with van der Waals surface area (Å²) in [5.41, 5.74) is 0.436. The maximum absolute atomic E-state index is 13.3. The number of thiophene rings is 1. The number of rotatable bonds is 5. The third kappa shape index (κ3) is 3.65. The second-order valence-electron chi connectivity index (χ2n) is 6.15. The van der Waals surface area contributed by atoms with E-state index in [2.05, 4.69) is 0 Å². The molecule has 1 atom stereocenters. The molecule has 0 radical (unpaired) electrons. The molecule has 0 aliphatic carbocycles. The number of nitrogens with zero attached hydrogens (tertiary/aromatic N) is 2. The molecule has 1 aromatic carbocycles. The highest BCUT2D eigenvalue weighted by molar-refractivity contribution is 7.91. The molecule has 140 valence electrons. The Morgan fingerprint density at radius 1 is 1.31 bits per heavy atom. The molecule has 2 heterocycles. The molecule has 0 spiro atoms. The summed E-state index contributed by atoms with van der Waals surface area (Å²) in [7, 11) is -2.19. The van der Waals surface area contributed by atoms with Crippen LogP contribution in [0.1, 0.15) is 18.4 Å². The Morgan fingerprint density at radius 3 is 2.73 bits per heavy atom. The van der Waals surface area contributed by atoms with Crippen LogP contribution in [0.2, 0.25) is 0 Å². The third-order valence-corrected chi connectivity index (χ3v) is 7.61. The minimum atomic E-state index is -3.71. The number of likely N-dealkylation sites (N-methyl/N-ethyl adjacent to an activating group) is 1. The Bertz CT molecular complexity index is 901. The fourth-order valence-corrected chi connectivity index (χ4v) is 5.82. The first-order valence-electron chi connectivity index (χ1n) is 8.05. The van der Waals surface area contributed by atoms with Crippen LogP contribution in [0, 0.1) is 11.6 Å². The van der Waals surface area contributed by atoms with Crippen molar-refractivity contribution in [1.29, 1.82) is 0 Å². The Labute approximate surface area is 154 Å². The minimum absolute atomic E-state index is 0.0689. The van der Waals surface area contributed by atoms with Crippen LogP contribution in [0.25, 0.3) is 0 Å². The van der Waals surface area contributed by atoms with E-state index in [1.54, 1.807) is 11.4 Å². The molecular weight excluding hydrogens is 382 g/mol. The molecule has 1 aliphatic rings. The van der Waals surface area contributed by atoms with Crippen LogP contribution in [0.5, 0.6) is 0 Å². The quantitative estimate of drug-likeness (QED) is 0.776. The van der Waals surface area contributed by atoms with Crippen LogP contribution in [0.15, 0.2) is 39.9 Å². The molecule has 0 N–H and O–H groups in total. The van der Waals surface area contributed by atoms with Gasteiger partial charge in [-0.1, -0.05) is 12.1 Å². The molecule has 1 aliphatic heterocycles. The van der Waals surface area contributed by atoms with Crippen molar-refractivity contribution in [3.63, 3.8) is 0 Å². The molecule has 2 aromatic rings. The highest BCUT2D eigenvalue weighted by Crippen LogP contribution is 2.29. The van der Waals surface area contributed by atoms with E-state index in [1.807, 2.05) is 0 Å². The largest absolute Gasteiger partial charge is 0.340 e. The average Bonchev–Trinajstić information content (AvgIpc) is 3.29. The number of amides is 1. The number of sulfonamides is 1. The first-order chi connectivity index (χ1) is 12.3. The van der Waals surface area contributed by atoms with E-state index < -0.39 is 27.7 Å². The van der Waals surface area contributed by atoms with Gasteiger partial charge >= 0.3 is 0 Å². The maximum Gasteiger partial charge on any atom is 0.253 e. The van der Waals surface area contributed by atoms with Gasteiger partial charge in [0.1, 0.15) is 10.3 Å². The average molecular weight is 400 g/mol. The van der Waals surface area contributed by atoms with Crippen LogP contribution in [-0.2, 0) is 21.4 Å². The summed E-state index contributed by atoms with van der Waals surface area (Å²) in [5, 5.41) is 1.68. The van der Waals surface area contributed by atoms with E-state index in [1.165, 1.54) is 28.4 Å². The van der Waals surface area contributed by atoms with Crippen molar-refractivity contribution in [3.8, 4) is 0 Å². The Morgan fingerprint density at radius 2 is 2.08 bits per heavy atom. The number of halogens is 2. The van der Waals surface area contributed by atoms with E-state index in [0.29, 0.717) is 18.4 Å². The lowest BCUT2D eigenvalue weighted by molar-refractivity contribution is -0.133. The SMILES string of the molecule is CN(Cc1ccc(F)c(F)c1)C(=O)C1CCCN1S(=O)(=O)c1cccs1. The molecule has 0 bridgehead atoms. The summed E-state index contributed by atoms with van der Waals surface area (Å²) >= 11 is 1.11. The van der Waals surface area contributed by atoms with Gasteiger partial charge < -0.3 is 4.90 Å². The number of carbonyl (C=O) groups is 1. The smallest absolute Gasteiger partial charge is 0.253 e. The van der Waals surface area contributed by atoms with E-state index in [-0.39, 0.29) is 23.2 Å². The molecule has 26 heavy (non-hydrogen) atoms. The molecule has 1 aromatic heterocycles. The summed E-state index contributed by atoms with van der Waals surface area (Å²) in [6, 6.07) is 5.83. The number of carbonyl (C=O) groups excluding carboxylic acids is 1. The van der Waals surface area contributed by atoms with Crippen molar-refractivity contribution in [1.82, 2.24) is 9.21 Å². The van der Waals surface area contributed by atoms with E-state index in [4.69, 9.17) is 0 Å². The minimum Gasteiger partial charge on any atom is -0.340 e. The molecule has 9 heteroatoms. The molecule has 3 rings (SSSR count). The van der Waals surface area contributed by atoms with Gasteiger partial charge in [0.2, 0.25) is 5.91 Å². The summed E-state index contributed by atoms with van der Waals surface area (Å²) in [6.45, 7) is 0.356. The molecular formula is C17H18F2N2O3S2. The van der Waals surface area contributed by atoms with Gasteiger partial charge in [0, 0.05) is 20.1 Å². The van der Waals surface area contributed by atoms with Gasteiger partial charge in [-0.3, -0.25) is 4.79 Å². The summed E-state index contributed by atoms with van der Waals surface area (Å²) in [5.74, 6) is -2.29. The van der Waals surface area contributed by atoms with Crippen LogP contribution < -0.4 is 0 Å². The maximum atomic E-state index is 13.3. The zero-order valence-electron chi connectivity index (χ0n) is 14.1. The van der Waals surface area contributed by atoms with E-state index in [9.17, 15) is 22.0 Å². The Balaban J connectivity index is 1.76. The van der Waals surface area contributed by atoms with Gasteiger partial charge in [0.25, 0.3) is 10.0 Å². The third-order valence-electron chi connectivity index (χ3n) is 4.33. The highest BCUT2D eigenvalue weighted by Gasteiger charge is 2.40. The fraction of sp³-hybridized carbons (Fsp3) is 0.353. The van der Waals surface area contributed by atoms with Crippen molar-refractivity contribution in [2.45, 2.75) is 29.6 Å². The van der Waals surface area contributed by atoms with Crippen molar-refractivity contribution in [2.75, 3.05) is 13.6 Å². The van der Waals surface area contributed by atoms with Crippen molar-refractivity contribution in [2.24, 2.45) is 0 Å². The topological polar surface area (TPSA) is 57.7 Å². The van der Waals surface area contributed by atoms with Crippen LogP contribution in [-0.4, -0.2) is 43.2 Å². The predicted octanol–water partition coefficient (Wildman–Crippen LogP) is 2.84. The molecule has 1 unspecified atom stereocenters. The lowest BCUT2D eigenvalue weighted by atomic mass is 10.1. The molecule has 5 nitrogen and oxygen atoms in total. The zero-order chi connectivity index (χ0) is 18.9. The molecule has 1 fully saturated rings. The normalized spacial score (nSPS) is 18.2. The monoisotopic (exact) mass is 400 g/mol. The lowest BCUT2D eigenvalue weighted by Gasteiger charge is -2.27. The van der Waals surface area contributed by atoms with Gasteiger partial charge in [-0.25, -0.2) is 17.2 Å². The molecule has 0 saturated carbocycles. The number of hydrogen-bond donors (Lipinski definition) is 0. The van der Waals surface area contributed by atoms with Gasteiger partial charge in [-0.2, -0.15) is 4.31 Å².